The van der Waals surface area contributed by atoms with Crippen LogP contribution in [0.1, 0.15) is 12.7 Å². The molecule has 2 aromatic rings. The molecule has 100 valence electrons. The lowest BCUT2D eigenvalue weighted by Gasteiger charge is -2.13. The van der Waals surface area contributed by atoms with Crippen LogP contribution in [0.25, 0.3) is 0 Å². The van der Waals surface area contributed by atoms with Gasteiger partial charge in [-0.2, -0.15) is 0 Å². The Kier molecular flexibility index (Phi) is 4.18. The topological polar surface area (TPSA) is 54.3 Å². The molecule has 0 fully saturated rings. The van der Waals surface area contributed by atoms with E-state index in [1.54, 1.807) is 24.5 Å². The van der Waals surface area contributed by atoms with Crippen LogP contribution in [0.3, 0.4) is 0 Å². The maximum atomic E-state index is 13.3. The number of hydrogen-bond acceptors (Lipinski definition) is 2. The fourth-order valence-electron chi connectivity index (χ4n) is 1.73. The Hall–Kier alpha value is -2.30. The van der Waals surface area contributed by atoms with Gasteiger partial charge in [-0.05, 0) is 31.2 Å². The lowest BCUT2D eigenvalue weighted by molar-refractivity contribution is 0.248. The number of hydrogen-bond donors (Lipinski definition) is 2. The highest BCUT2D eigenvalue weighted by Crippen LogP contribution is 2.12. The zero-order valence-electron chi connectivity index (χ0n) is 10.5. The number of carbonyl (C=O) groups excluding carboxylic acids is 1. The molecule has 0 saturated heterocycles. The van der Waals surface area contributed by atoms with Gasteiger partial charge in [-0.3, -0.25) is 0 Å². The Labute approximate surface area is 110 Å². The summed E-state index contributed by atoms with van der Waals surface area (Å²) in [6.45, 7) is 1.85. The first-order chi connectivity index (χ1) is 9.15. The number of benzene rings is 1. The molecule has 1 aromatic heterocycles. The summed E-state index contributed by atoms with van der Waals surface area (Å²) >= 11 is 0. The van der Waals surface area contributed by atoms with Crippen molar-refractivity contribution >= 4 is 11.7 Å². The second kappa shape index (κ2) is 6.04. The van der Waals surface area contributed by atoms with E-state index in [2.05, 4.69) is 10.6 Å². The SMILES string of the molecule is CC(Cc1ccco1)NC(=O)Nc1ccccc1F. The van der Waals surface area contributed by atoms with E-state index in [0.29, 0.717) is 6.42 Å². The smallest absolute Gasteiger partial charge is 0.319 e. The number of urea groups is 1. The zero-order chi connectivity index (χ0) is 13.7. The highest BCUT2D eigenvalue weighted by molar-refractivity contribution is 5.89. The molecular formula is C14H15FN2O2. The molecule has 5 heteroatoms. The van der Waals surface area contributed by atoms with Gasteiger partial charge in [0.05, 0.1) is 12.0 Å². The Balaban J connectivity index is 1.86. The summed E-state index contributed by atoms with van der Waals surface area (Å²) in [6, 6.07) is 9.10. The van der Waals surface area contributed by atoms with Crippen LogP contribution >= 0.6 is 0 Å². The second-order valence-electron chi connectivity index (χ2n) is 4.26. The summed E-state index contributed by atoms with van der Waals surface area (Å²) in [5, 5.41) is 5.18. The van der Waals surface area contributed by atoms with Crippen molar-refractivity contribution in [3.63, 3.8) is 0 Å². The van der Waals surface area contributed by atoms with Crippen LogP contribution in [0.2, 0.25) is 0 Å². The predicted molar refractivity (Wildman–Crippen MR) is 70.4 cm³/mol. The Morgan fingerprint density at radius 3 is 2.79 bits per heavy atom. The van der Waals surface area contributed by atoms with E-state index < -0.39 is 11.8 Å². The molecule has 1 heterocycles. The van der Waals surface area contributed by atoms with Crippen LogP contribution in [0.15, 0.2) is 47.1 Å². The number of furan rings is 1. The van der Waals surface area contributed by atoms with E-state index >= 15 is 0 Å². The van der Waals surface area contributed by atoms with Crippen molar-refractivity contribution < 1.29 is 13.6 Å². The van der Waals surface area contributed by atoms with Crippen LogP contribution in [0.5, 0.6) is 0 Å². The van der Waals surface area contributed by atoms with Crippen molar-refractivity contribution in [2.75, 3.05) is 5.32 Å². The van der Waals surface area contributed by atoms with E-state index in [1.165, 1.54) is 12.1 Å². The summed E-state index contributed by atoms with van der Waals surface area (Å²) in [5.74, 6) is 0.329. The number of anilines is 1. The number of para-hydroxylation sites is 1. The molecular weight excluding hydrogens is 247 g/mol. The summed E-state index contributed by atoms with van der Waals surface area (Å²) in [4.78, 5) is 11.7. The third-order valence-electron chi connectivity index (χ3n) is 2.59. The fourth-order valence-corrected chi connectivity index (χ4v) is 1.73. The summed E-state index contributed by atoms with van der Waals surface area (Å²) < 4.78 is 18.5. The first-order valence-electron chi connectivity index (χ1n) is 5.99. The van der Waals surface area contributed by atoms with Gasteiger partial charge in [-0.15, -0.1) is 0 Å². The number of halogens is 1. The summed E-state index contributed by atoms with van der Waals surface area (Å²) in [6.07, 6.45) is 2.17. The van der Waals surface area contributed by atoms with Gasteiger partial charge in [0.2, 0.25) is 0 Å². The predicted octanol–water partition coefficient (Wildman–Crippen LogP) is 3.17. The number of carbonyl (C=O) groups is 1. The summed E-state index contributed by atoms with van der Waals surface area (Å²) in [5.41, 5.74) is 0.158. The molecule has 2 amide bonds. The molecule has 0 aliphatic heterocycles. The average molecular weight is 262 g/mol. The monoisotopic (exact) mass is 262 g/mol. The van der Waals surface area contributed by atoms with Crippen molar-refractivity contribution in [3.05, 3.63) is 54.2 Å². The maximum Gasteiger partial charge on any atom is 0.319 e. The van der Waals surface area contributed by atoms with E-state index in [4.69, 9.17) is 4.42 Å². The van der Waals surface area contributed by atoms with Crippen LogP contribution < -0.4 is 10.6 Å². The van der Waals surface area contributed by atoms with Crippen molar-refractivity contribution in [1.82, 2.24) is 5.32 Å². The number of rotatable bonds is 4. The molecule has 19 heavy (non-hydrogen) atoms. The minimum absolute atomic E-state index is 0.113. The minimum Gasteiger partial charge on any atom is -0.469 e. The maximum absolute atomic E-state index is 13.3. The average Bonchev–Trinajstić information content (AvgIpc) is 2.84. The highest BCUT2D eigenvalue weighted by Gasteiger charge is 2.11. The molecule has 1 aromatic carbocycles. The van der Waals surface area contributed by atoms with Gasteiger partial charge in [0.1, 0.15) is 11.6 Å². The van der Waals surface area contributed by atoms with Crippen LogP contribution in [-0.2, 0) is 6.42 Å². The van der Waals surface area contributed by atoms with Gasteiger partial charge < -0.3 is 15.1 Å². The van der Waals surface area contributed by atoms with Gasteiger partial charge in [-0.25, -0.2) is 9.18 Å². The van der Waals surface area contributed by atoms with E-state index in [9.17, 15) is 9.18 Å². The van der Waals surface area contributed by atoms with Crippen LogP contribution in [0.4, 0.5) is 14.9 Å². The first kappa shape index (κ1) is 13.1. The number of amides is 2. The second-order valence-corrected chi connectivity index (χ2v) is 4.26. The van der Waals surface area contributed by atoms with Gasteiger partial charge in [-0.1, -0.05) is 12.1 Å². The van der Waals surface area contributed by atoms with Gasteiger partial charge >= 0.3 is 6.03 Å². The van der Waals surface area contributed by atoms with Crippen LogP contribution in [0, 0.1) is 5.82 Å². The summed E-state index contributed by atoms with van der Waals surface area (Å²) in [7, 11) is 0. The van der Waals surface area contributed by atoms with Crippen molar-refractivity contribution in [2.45, 2.75) is 19.4 Å². The minimum atomic E-state index is -0.462. The molecule has 0 spiro atoms. The lowest BCUT2D eigenvalue weighted by Crippen LogP contribution is -2.37. The molecule has 2 N–H and O–H groups in total. The normalized spacial score (nSPS) is 11.9. The first-order valence-corrected chi connectivity index (χ1v) is 5.99. The van der Waals surface area contributed by atoms with Crippen LogP contribution in [-0.4, -0.2) is 12.1 Å². The Bertz CT molecular complexity index is 540. The molecule has 0 radical (unpaired) electrons. The van der Waals surface area contributed by atoms with Gasteiger partial charge in [0.25, 0.3) is 0 Å². The Morgan fingerprint density at radius 1 is 1.32 bits per heavy atom. The molecule has 1 atom stereocenters. The lowest BCUT2D eigenvalue weighted by atomic mass is 10.2. The molecule has 0 bridgehead atoms. The molecule has 0 saturated carbocycles. The number of nitrogens with one attached hydrogen (secondary N) is 2. The third-order valence-corrected chi connectivity index (χ3v) is 2.59. The Morgan fingerprint density at radius 2 is 2.11 bits per heavy atom. The van der Waals surface area contributed by atoms with Gasteiger partial charge in [0, 0.05) is 12.5 Å². The quantitative estimate of drug-likeness (QED) is 0.889. The third kappa shape index (κ3) is 3.84. The molecule has 0 aliphatic rings. The van der Waals surface area contributed by atoms with Crippen molar-refractivity contribution in [2.24, 2.45) is 0 Å². The van der Waals surface area contributed by atoms with Gasteiger partial charge in [0.15, 0.2) is 0 Å². The van der Waals surface area contributed by atoms with Crippen molar-refractivity contribution in [1.29, 1.82) is 0 Å². The standard InChI is InChI=1S/C14H15FN2O2/c1-10(9-11-5-4-8-19-11)16-14(18)17-13-7-3-2-6-12(13)15/h2-8,10H,9H2,1H3,(H2,16,17,18). The van der Waals surface area contributed by atoms with Crippen molar-refractivity contribution in [3.8, 4) is 0 Å². The highest BCUT2D eigenvalue weighted by atomic mass is 19.1. The van der Waals surface area contributed by atoms with E-state index in [0.717, 1.165) is 5.76 Å². The molecule has 2 rings (SSSR count). The van der Waals surface area contributed by atoms with E-state index in [1.807, 2.05) is 13.0 Å². The molecule has 0 aliphatic carbocycles. The molecule has 1 unspecified atom stereocenters. The largest absolute Gasteiger partial charge is 0.469 e. The molecule has 4 nitrogen and oxygen atoms in total. The van der Waals surface area contributed by atoms with E-state index in [-0.39, 0.29) is 11.7 Å². The zero-order valence-corrected chi connectivity index (χ0v) is 10.5. The fraction of sp³-hybridized carbons (Fsp3) is 0.214.